The van der Waals surface area contributed by atoms with E-state index in [0.29, 0.717) is 5.75 Å². The van der Waals surface area contributed by atoms with Crippen molar-refractivity contribution in [1.82, 2.24) is 15.2 Å². The second-order valence-electron chi connectivity index (χ2n) is 8.24. The van der Waals surface area contributed by atoms with Gasteiger partial charge in [-0.15, -0.1) is 0 Å². The lowest BCUT2D eigenvalue weighted by Gasteiger charge is -2.48. The Labute approximate surface area is 177 Å². The maximum atomic E-state index is 12.6. The molecule has 1 N–H and O–H groups in total. The average molecular weight is 414 g/mol. The van der Waals surface area contributed by atoms with Crippen LogP contribution in [0.1, 0.15) is 37.7 Å². The molecule has 0 unspecified atom stereocenters. The smallest absolute Gasteiger partial charge is 0.230 e. The van der Waals surface area contributed by atoms with Crippen LogP contribution >= 0.6 is 11.8 Å². The summed E-state index contributed by atoms with van der Waals surface area (Å²) in [6, 6.07) is 10.2. The van der Waals surface area contributed by atoms with Crippen LogP contribution in [0, 0.1) is 6.92 Å². The van der Waals surface area contributed by atoms with E-state index < -0.39 is 0 Å². The predicted octanol–water partition coefficient (Wildman–Crippen LogP) is 3.79. The summed E-state index contributed by atoms with van der Waals surface area (Å²) in [5, 5.41) is 5.33. The van der Waals surface area contributed by atoms with Gasteiger partial charge >= 0.3 is 0 Å². The lowest BCUT2D eigenvalue weighted by molar-refractivity contribution is -0.119. The largest absolute Gasteiger partial charge is 0.379 e. The second-order valence-corrected chi connectivity index (χ2v) is 9.24. The fourth-order valence-corrected chi connectivity index (χ4v) is 5.50. The van der Waals surface area contributed by atoms with E-state index in [1.54, 1.807) is 0 Å². The van der Waals surface area contributed by atoms with Crippen LogP contribution < -0.4 is 5.32 Å². The quantitative estimate of drug-likeness (QED) is 0.731. The summed E-state index contributed by atoms with van der Waals surface area (Å²) in [6.45, 7) is 6.41. The molecule has 156 valence electrons. The van der Waals surface area contributed by atoms with Crippen molar-refractivity contribution in [3.8, 4) is 0 Å². The number of nitrogens with one attached hydrogen (secondary N) is 1. The van der Waals surface area contributed by atoms with Crippen LogP contribution in [0.3, 0.4) is 0 Å². The molecule has 1 aromatic carbocycles. The first-order valence-corrected chi connectivity index (χ1v) is 11.7. The predicted molar refractivity (Wildman–Crippen MR) is 118 cm³/mol. The molecule has 1 aliphatic carbocycles. The first kappa shape index (κ1) is 20.6. The number of para-hydroxylation sites is 1. The van der Waals surface area contributed by atoms with Gasteiger partial charge in [-0.1, -0.05) is 49.2 Å². The molecular weight excluding hydrogens is 382 g/mol. The van der Waals surface area contributed by atoms with Gasteiger partial charge in [-0.2, -0.15) is 0 Å². The number of thioether (sulfide) groups is 1. The monoisotopic (exact) mass is 413 g/mol. The standard InChI is InChI=1S/C23H31N3O2S/c1-18-15-22(25-20-8-4-3-7-19(18)20)29-16-21(27)24-17-23(9-5-2-6-10-23)26-11-13-28-14-12-26/h3-4,7-8,15H,2,5-6,9-14,16-17H2,1H3,(H,24,27). The molecule has 0 spiro atoms. The third kappa shape index (κ3) is 4.93. The van der Waals surface area contributed by atoms with Crippen molar-refractivity contribution in [3.05, 3.63) is 35.9 Å². The highest BCUT2D eigenvalue weighted by molar-refractivity contribution is 7.99. The van der Waals surface area contributed by atoms with Gasteiger partial charge < -0.3 is 10.1 Å². The summed E-state index contributed by atoms with van der Waals surface area (Å²) in [7, 11) is 0. The zero-order valence-electron chi connectivity index (χ0n) is 17.3. The number of fused-ring (bicyclic) bond motifs is 1. The van der Waals surface area contributed by atoms with Gasteiger partial charge in [-0.05, 0) is 37.5 Å². The van der Waals surface area contributed by atoms with E-state index in [9.17, 15) is 4.79 Å². The molecular formula is C23H31N3O2S. The molecule has 2 aromatic rings. The van der Waals surface area contributed by atoms with E-state index in [1.807, 2.05) is 18.2 Å². The highest BCUT2D eigenvalue weighted by atomic mass is 32.2. The molecule has 1 saturated carbocycles. The summed E-state index contributed by atoms with van der Waals surface area (Å²) < 4.78 is 5.55. The van der Waals surface area contributed by atoms with Gasteiger partial charge in [0.15, 0.2) is 0 Å². The van der Waals surface area contributed by atoms with E-state index in [0.717, 1.165) is 43.4 Å². The van der Waals surface area contributed by atoms with E-state index in [-0.39, 0.29) is 11.4 Å². The van der Waals surface area contributed by atoms with Crippen LogP contribution in [0.15, 0.2) is 35.4 Å². The zero-order valence-corrected chi connectivity index (χ0v) is 18.1. The van der Waals surface area contributed by atoms with Crippen LogP contribution in [0.5, 0.6) is 0 Å². The molecule has 2 fully saturated rings. The molecule has 0 atom stereocenters. The maximum Gasteiger partial charge on any atom is 0.230 e. The Bertz CT molecular complexity index is 845. The van der Waals surface area contributed by atoms with Crippen molar-refractivity contribution < 1.29 is 9.53 Å². The number of aryl methyl sites for hydroxylation is 1. The molecule has 1 aliphatic heterocycles. The molecule has 1 aromatic heterocycles. The lowest BCUT2D eigenvalue weighted by Crippen LogP contribution is -2.59. The van der Waals surface area contributed by atoms with E-state index in [1.165, 1.54) is 54.8 Å². The molecule has 29 heavy (non-hydrogen) atoms. The Hall–Kier alpha value is -1.63. The summed E-state index contributed by atoms with van der Waals surface area (Å²) in [4.78, 5) is 19.9. The van der Waals surface area contributed by atoms with Crippen molar-refractivity contribution in [2.45, 2.75) is 49.6 Å². The van der Waals surface area contributed by atoms with Gasteiger partial charge in [0.2, 0.25) is 5.91 Å². The van der Waals surface area contributed by atoms with Gasteiger partial charge in [0, 0.05) is 30.6 Å². The third-order valence-electron chi connectivity index (χ3n) is 6.33. The van der Waals surface area contributed by atoms with Crippen molar-refractivity contribution in [1.29, 1.82) is 0 Å². The number of pyridine rings is 1. The lowest BCUT2D eigenvalue weighted by atomic mass is 9.79. The fraction of sp³-hybridized carbons (Fsp3) is 0.565. The van der Waals surface area contributed by atoms with Crippen molar-refractivity contribution in [3.63, 3.8) is 0 Å². The van der Waals surface area contributed by atoms with Crippen LogP contribution in [0.4, 0.5) is 0 Å². The number of carbonyl (C=O) groups excluding carboxylic acids is 1. The molecule has 1 saturated heterocycles. The SMILES string of the molecule is Cc1cc(SCC(=O)NCC2(N3CCOCC3)CCCCC2)nc2ccccc12. The van der Waals surface area contributed by atoms with Crippen LogP contribution in [0.2, 0.25) is 0 Å². The Morgan fingerprint density at radius 3 is 2.76 bits per heavy atom. The van der Waals surface area contributed by atoms with Gasteiger partial charge in [0.1, 0.15) is 0 Å². The number of aromatic nitrogens is 1. The van der Waals surface area contributed by atoms with Gasteiger partial charge in [0.05, 0.1) is 29.5 Å². The Morgan fingerprint density at radius 2 is 1.97 bits per heavy atom. The highest BCUT2D eigenvalue weighted by Crippen LogP contribution is 2.34. The summed E-state index contributed by atoms with van der Waals surface area (Å²) >= 11 is 1.52. The zero-order chi connectivity index (χ0) is 20.1. The minimum atomic E-state index is 0.0980. The molecule has 0 radical (unpaired) electrons. The number of amides is 1. The van der Waals surface area contributed by atoms with E-state index >= 15 is 0 Å². The molecule has 5 nitrogen and oxygen atoms in total. The molecule has 2 heterocycles. The summed E-state index contributed by atoms with van der Waals surface area (Å²) in [6.07, 6.45) is 6.16. The van der Waals surface area contributed by atoms with Crippen LogP contribution in [0.25, 0.3) is 10.9 Å². The number of rotatable bonds is 6. The number of benzene rings is 1. The molecule has 2 aliphatic rings. The minimum Gasteiger partial charge on any atom is -0.379 e. The summed E-state index contributed by atoms with van der Waals surface area (Å²) in [5.74, 6) is 0.505. The number of morpholine rings is 1. The fourth-order valence-electron chi connectivity index (χ4n) is 4.70. The molecule has 4 rings (SSSR count). The number of carbonyl (C=O) groups is 1. The Morgan fingerprint density at radius 1 is 1.21 bits per heavy atom. The highest BCUT2D eigenvalue weighted by Gasteiger charge is 2.38. The second kappa shape index (κ2) is 9.45. The molecule has 6 heteroatoms. The minimum absolute atomic E-state index is 0.0980. The maximum absolute atomic E-state index is 12.6. The topological polar surface area (TPSA) is 54.5 Å². The first-order chi connectivity index (χ1) is 14.2. The normalized spacial score (nSPS) is 19.9. The number of nitrogens with zero attached hydrogens (tertiary/aromatic N) is 2. The first-order valence-electron chi connectivity index (χ1n) is 10.8. The van der Waals surface area contributed by atoms with Gasteiger partial charge in [-0.25, -0.2) is 4.98 Å². The van der Waals surface area contributed by atoms with E-state index in [2.05, 4.69) is 29.3 Å². The Balaban J connectivity index is 1.35. The number of hydrogen-bond donors (Lipinski definition) is 1. The van der Waals surface area contributed by atoms with Crippen LogP contribution in [-0.2, 0) is 9.53 Å². The van der Waals surface area contributed by atoms with Crippen molar-refractivity contribution >= 4 is 28.6 Å². The van der Waals surface area contributed by atoms with Gasteiger partial charge in [-0.3, -0.25) is 9.69 Å². The average Bonchev–Trinajstić information content (AvgIpc) is 2.77. The number of ether oxygens (including phenoxy) is 1. The van der Waals surface area contributed by atoms with Crippen molar-refractivity contribution in [2.75, 3.05) is 38.6 Å². The van der Waals surface area contributed by atoms with Crippen molar-refractivity contribution in [2.24, 2.45) is 0 Å². The van der Waals surface area contributed by atoms with Crippen LogP contribution in [-0.4, -0.2) is 59.9 Å². The third-order valence-corrected chi connectivity index (χ3v) is 7.24. The molecule has 0 bridgehead atoms. The van der Waals surface area contributed by atoms with E-state index in [4.69, 9.17) is 9.72 Å². The van der Waals surface area contributed by atoms with Gasteiger partial charge in [0.25, 0.3) is 0 Å². The Kier molecular flexibility index (Phi) is 6.73. The number of hydrogen-bond acceptors (Lipinski definition) is 5. The molecule has 1 amide bonds. The summed E-state index contributed by atoms with van der Waals surface area (Å²) in [5.41, 5.74) is 2.30.